The number of aryl methyl sites for hydroxylation is 2. The summed E-state index contributed by atoms with van der Waals surface area (Å²) >= 11 is 6.15. The summed E-state index contributed by atoms with van der Waals surface area (Å²) < 4.78 is 3.71. The van der Waals surface area contributed by atoms with Gasteiger partial charge in [0.05, 0.1) is 12.4 Å². The number of fused-ring (bicyclic) bond motifs is 1. The lowest BCUT2D eigenvalue weighted by Gasteiger charge is -2.20. The molecule has 0 aliphatic rings. The normalized spacial score (nSPS) is 12.1. The fraction of sp³-hybridized carbons (Fsp3) is 0.182. The number of halogens is 1. The number of aromatic nitrogens is 4. The van der Waals surface area contributed by atoms with Crippen molar-refractivity contribution in [2.45, 2.75) is 12.6 Å². The quantitative estimate of drug-likeness (QED) is 0.517. The molecule has 0 spiro atoms. The van der Waals surface area contributed by atoms with Crippen molar-refractivity contribution < 1.29 is 4.79 Å². The first-order valence-corrected chi connectivity index (χ1v) is 9.95. The van der Waals surface area contributed by atoms with E-state index in [2.05, 4.69) is 10.3 Å². The lowest BCUT2D eigenvalue weighted by molar-refractivity contribution is -0.122. The number of benzene rings is 2. The monoisotopic (exact) mass is 437 g/mol. The molecule has 0 fully saturated rings. The summed E-state index contributed by atoms with van der Waals surface area (Å²) in [5.74, 6) is -0.477. The van der Waals surface area contributed by atoms with Crippen LogP contribution in [0.3, 0.4) is 0 Å². The van der Waals surface area contributed by atoms with Crippen LogP contribution >= 0.6 is 11.6 Å². The van der Waals surface area contributed by atoms with Crippen LogP contribution in [0.1, 0.15) is 17.2 Å². The molecule has 0 aliphatic carbocycles. The van der Waals surface area contributed by atoms with E-state index < -0.39 is 29.7 Å². The molecule has 158 valence electrons. The van der Waals surface area contributed by atoms with Crippen LogP contribution in [0, 0.1) is 0 Å². The topological polar surface area (TPSA) is 90.9 Å². The van der Waals surface area contributed by atoms with Gasteiger partial charge >= 0.3 is 5.69 Å². The fourth-order valence-electron chi connectivity index (χ4n) is 3.58. The molecule has 4 rings (SSSR count). The number of rotatable bonds is 5. The zero-order chi connectivity index (χ0) is 22.1. The van der Waals surface area contributed by atoms with Crippen molar-refractivity contribution in [1.29, 1.82) is 0 Å². The molecule has 2 heterocycles. The molecule has 4 aromatic rings. The highest BCUT2D eigenvalue weighted by atomic mass is 35.5. The zero-order valence-corrected chi connectivity index (χ0v) is 17.7. The highest BCUT2D eigenvalue weighted by molar-refractivity contribution is 6.30. The first-order chi connectivity index (χ1) is 14.9. The maximum absolute atomic E-state index is 13.0. The van der Waals surface area contributed by atoms with Crippen molar-refractivity contribution in [3.8, 4) is 0 Å². The Labute approximate surface area is 182 Å². The maximum atomic E-state index is 13.0. The van der Waals surface area contributed by atoms with Gasteiger partial charge in [-0.2, -0.15) is 0 Å². The lowest BCUT2D eigenvalue weighted by Crippen LogP contribution is -2.44. The van der Waals surface area contributed by atoms with Crippen LogP contribution in [0.5, 0.6) is 0 Å². The Bertz CT molecular complexity index is 1390. The van der Waals surface area contributed by atoms with Crippen LogP contribution in [0.4, 0.5) is 0 Å². The molecule has 0 saturated carbocycles. The van der Waals surface area contributed by atoms with Gasteiger partial charge in [0, 0.05) is 19.1 Å². The molecule has 0 bridgehead atoms. The highest BCUT2D eigenvalue weighted by Gasteiger charge is 2.20. The van der Waals surface area contributed by atoms with Gasteiger partial charge in [-0.1, -0.05) is 54.1 Å². The van der Waals surface area contributed by atoms with E-state index in [9.17, 15) is 14.4 Å². The number of hydrogen-bond acceptors (Lipinski definition) is 4. The van der Waals surface area contributed by atoms with Gasteiger partial charge < -0.3 is 9.88 Å². The Balaban J connectivity index is 1.70. The molecule has 8 nitrogen and oxygen atoms in total. The maximum Gasteiger partial charge on any atom is 0.332 e. The van der Waals surface area contributed by atoms with Gasteiger partial charge in [0.15, 0.2) is 11.2 Å². The zero-order valence-electron chi connectivity index (χ0n) is 16.9. The van der Waals surface area contributed by atoms with Gasteiger partial charge in [-0.3, -0.25) is 14.2 Å². The summed E-state index contributed by atoms with van der Waals surface area (Å²) in [5, 5.41) is 3.47. The van der Waals surface area contributed by atoms with E-state index in [4.69, 9.17) is 11.6 Å². The summed E-state index contributed by atoms with van der Waals surface area (Å²) in [5.41, 5.74) is 0.993. The molecular formula is C22H20ClN5O3. The van der Waals surface area contributed by atoms with Crippen LogP contribution in [-0.4, -0.2) is 24.6 Å². The summed E-state index contributed by atoms with van der Waals surface area (Å²) in [6, 6.07) is 16.1. The van der Waals surface area contributed by atoms with Crippen molar-refractivity contribution >= 4 is 28.7 Å². The van der Waals surface area contributed by atoms with E-state index in [1.165, 1.54) is 22.5 Å². The molecule has 0 radical (unpaired) electrons. The minimum atomic E-state index is -0.606. The average molecular weight is 438 g/mol. The number of carbonyl (C=O) groups is 1. The predicted molar refractivity (Wildman–Crippen MR) is 118 cm³/mol. The number of nitrogens with one attached hydrogen (secondary N) is 1. The molecule has 0 aliphatic heterocycles. The van der Waals surface area contributed by atoms with Crippen molar-refractivity contribution in [2.24, 2.45) is 14.1 Å². The van der Waals surface area contributed by atoms with Gasteiger partial charge in [-0.25, -0.2) is 14.3 Å². The Morgan fingerprint density at radius 3 is 2.48 bits per heavy atom. The second-order valence-electron chi connectivity index (χ2n) is 7.23. The van der Waals surface area contributed by atoms with Crippen LogP contribution in [-0.2, 0) is 25.4 Å². The van der Waals surface area contributed by atoms with E-state index in [1.807, 2.05) is 36.4 Å². The third-order valence-corrected chi connectivity index (χ3v) is 5.36. The van der Waals surface area contributed by atoms with E-state index in [-0.39, 0.29) is 11.2 Å². The first-order valence-electron chi connectivity index (χ1n) is 9.57. The number of amides is 1. The SMILES string of the molecule is Cn1cnc2c1c(=O)n(CC(=O)NC(c1ccccc1)c1cccc(Cl)c1)c(=O)n2C. The van der Waals surface area contributed by atoms with Crippen LogP contribution in [0.25, 0.3) is 11.2 Å². The lowest BCUT2D eigenvalue weighted by atomic mass is 9.98. The molecule has 2 aromatic carbocycles. The van der Waals surface area contributed by atoms with E-state index >= 15 is 0 Å². The van der Waals surface area contributed by atoms with E-state index in [0.717, 1.165) is 15.7 Å². The number of hydrogen-bond donors (Lipinski definition) is 1. The largest absolute Gasteiger partial charge is 0.344 e. The average Bonchev–Trinajstić information content (AvgIpc) is 3.16. The van der Waals surface area contributed by atoms with E-state index in [1.54, 1.807) is 25.2 Å². The molecular weight excluding hydrogens is 418 g/mol. The summed E-state index contributed by atoms with van der Waals surface area (Å²) in [6.45, 7) is -0.420. The number of nitrogens with zero attached hydrogens (tertiary/aromatic N) is 4. The van der Waals surface area contributed by atoms with Gasteiger partial charge in [0.1, 0.15) is 6.54 Å². The summed E-state index contributed by atoms with van der Waals surface area (Å²) in [6.07, 6.45) is 1.46. The summed E-state index contributed by atoms with van der Waals surface area (Å²) in [4.78, 5) is 42.6. The second-order valence-corrected chi connectivity index (χ2v) is 7.66. The van der Waals surface area contributed by atoms with Crippen molar-refractivity contribution in [2.75, 3.05) is 0 Å². The Kier molecular flexibility index (Phi) is 5.48. The molecule has 2 aromatic heterocycles. The Hall–Kier alpha value is -3.65. The summed E-state index contributed by atoms with van der Waals surface area (Å²) in [7, 11) is 3.18. The Morgan fingerprint density at radius 1 is 1.06 bits per heavy atom. The highest BCUT2D eigenvalue weighted by Crippen LogP contribution is 2.24. The minimum Gasteiger partial charge on any atom is -0.344 e. The molecule has 31 heavy (non-hydrogen) atoms. The Morgan fingerprint density at radius 2 is 1.77 bits per heavy atom. The third kappa shape index (κ3) is 3.89. The first kappa shape index (κ1) is 20.6. The molecule has 1 unspecified atom stereocenters. The van der Waals surface area contributed by atoms with Gasteiger partial charge in [0.2, 0.25) is 5.91 Å². The molecule has 1 N–H and O–H groups in total. The molecule has 1 atom stereocenters. The van der Waals surface area contributed by atoms with Gasteiger partial charge in [0.25, 0.3) is 5.56 Å². The van der Waals surface area contributed by atoms with Gasteiger partial charge in [-0.15, -0.1) is 0 Å². The number of imidazole rings is 1. The van der Waals surface area contributed by atoms with Crippen LogP contribution < -0.4 is 16.6 Å². The van der Waals surface area contributed by atoms with E-state index in [0.29, 0.717) is 5.02 Å². The molecule has 1 amide bonds. The second kappa shape index (κ2) is 8.23. The fourth-order valence-corrected chi connectivity index (χ4v) is 3.78. The third-order valence-electron chi connectivity index (χ3n) is 5.12. The van der Waals surface area contributed by atoms with Crippen molar-refractivity contribution in [3.63, 3.8) is 0 Å². The predicted octanol–water partition coefficient (Wildman–Crippen LogP) is 1.99. The number of carbonyl (C=O) groups excluding carboxylic acids is 1. The standard InChI is InChI=1S/C22H20ClN5O3/c1-26-13-24-20-19(26)21(30)28(22(31)27(20)2)12-17(29)25-18(14-7-4-3-5-8-14)15-9-6-10-16(23)11-15/h3-11,13,18H,12H2,1-2H3,(H,25,29). The van der Waals surface area contributed by atoms with Crippen LogP contribution in [0.2, 0.25) is 5.02 Å². The van der Waals surface area contributed by atoms with Crippen molar-refractivity contribution in [1.82, 2.24) is 24.0 Å². The molecule has 9 heteroatoms. The van der Waals surface area contributed by atoms with Crippen LogP contribution in [0.15, 0.2) is 70.5 Å². The van der Waals surface area contributed by atoms with Crippen molar-refractivity contribution in [3.05, 3.63) is 97.9 Å². The minimum absolute atomic E-state index is 0.254. The van der Waals surface area contributed by atoms with Gasteiger partial charge in [-0.05, 0) is 23.3 Å². The smallest absolute Gasteiger partial charge is 0.332 e. The molecule has 0 saturated heterocycles.